The van der Waals surface area contributed by atoms with Crippen molar-refractivity contribution in [2.45, 2.75) is 58.4 Å². The molecule has 2 N–H and O–H groups in total. The van der Waals surface area contributed by atoms with Gasteiger partial charge < -0.3 is 10.4 Å². The summed E-state index contributed by atoms with van der Waals surface area (Å²) in [5.41, 5.74) is 2.30. The zero-order valence-electron chi connectivity index (χ0n) is 11.6. The maximum absolute atomic E-state index is 9.43. The van der Waals surface area contributed by atoms with Crippen LogP contribution in [0.15, 0.2) is 18.2 Å². The predicted molar refractivity (Wildman–Crippen MR) is 77.1 cm³/mol. The Labute approximate surface area is 110 Å². The second kappa shape index (κ2) is 6.12. The van der Waals surface area contributed by atoms with Crippen LogP contribution in [0.3, 0.4) is 0 Å². The summed E-state index contributed by atoms with van der Waals surface area (Å²) >= 11 is 0. The zero-order valence-corrected chi connectivity index (χ0v) is 11.6. The van der Waals surface area contributed by atoms with Crippen molar-refractivity contribution in [3.05, 3.63) is 23.8 Å². The minimum absolute atomic E-state index is 0.352. The van der Waals surface area contributed by atoms with Crippen molar-refractivity contribution >= 4 is 5.69 Å². The zero-order chi connectivity index (χ0) is 13.0. The Morgan fingerprint density at radius 1 is 1.22 bits per heavy atom. The molecule has 1 aromatic carbocycles. The molecule has 2 nitrogen and oxygen atoms in total. The molecular formula is C16H25NO. The van der Waals surface area contributed by atoms with Crippen LogP contribution in [0, 0.1) is 12.8 Å². The van der Waals surface area contributed by atoms with E-state index >= 15 is 0 Å². The first-order valence-electron chi connectivity index (χ1n) is 7.25. The van der Waals surface area contributed by atoms with E-state index in [1.807, 2.05) is 19.1 Å². The van der Waals surface area contributed by atoms with Crippen molar-refractivity contribution in [1.82, 2.24) is 0 Å². The van der Waals surface area contributed by atoms with Gasteiger partial charge in [0.2, 0.25) is 0 Å². The van der Waals surface area contributed by atoms with E-state index in [-0.39, 0.29) is 0 Å². The summed E-state index contributed by atoms with van der Waals surface area (Å²) < 4.78 is 0. The van der Waals surface area contributed by atoms with Crippen molar-refractivity contribution in [3.63, 3.8) is 0 Å². The first kappa shape index (κ1) is 13.3. The Morgan fingerprint density at radius 2 is 2.06 bits per heavy atom. The summed E-state index contributed by atoms with van der Waals surface area (Å²) in [6.45, 7) is 4.36. The van der Waals surface area contributed by atoms with Gasteiger partial charge in [-0.25, -0.2) is 0 Å². The average molecular weight is 247 g/mol. The first-order chi connectivity index (χ1) is 8.69. The van der Waals surface area contributed by atoms with E-state index in [4.69, 9.17) is 0 Å². The largest absolute Gasteiger partial charge is 0.508 e. The van der Waals surface area contributed by atoms with Crippen LogP contribution in [-0.2, 0) is 0 Å². The van der Waals surface area contributed by atoms with Gasteiger partial charge in [0.25, 0.3) is 0 Å². The second-order valence-corrected chi connectivity index (χ2v) is 5.62. The Bertz CT molecular complexity index is 389. The molecule has 0 spiro atoms. The van der Waals surface area contributed by atoms with Crippen molar-refractivity contribution in [1.29, 1.82) is 0 Å². The number of hydrogen-bond donors (Lipinski definition) is 2. The molecule has 100 valence electrons. The van der Waals surface area contributed by atoms with Gasteiger partial charge in [-0.2, -0.15) is 0 Å². The Morgan fingerprint density at radius 3 is 2.78 bits per heavy atom. The van der Waals surface area contributed by atoms with Crippen LogP contribution in [0.5, 0.6) is 5.75 Å². The lowest BCUT2D eigenvalue weighted by molar-refractivity contribution is 0.444. The number of phenolic OH excluding ortho intramolecular Hbond substituents is 1. The third-order valence-corrected chi connectivity index (χ3v) is 4.24. The van der Waals surface area contributed by atoms with Gasteiger partial charge in [0, 0.05) is 11.7 Å². The molecule has 1 aliphatic rings. The molecule has 2 rings (SSSR count). The highest BCUT2D eigenvalue weighted by molar-refractivity contribution is 5.53. The summed E-state index contributed by atoms with van der Waals surface area (Å²) in [5.74, 6) is 1.28. The van der Waals surface area contributed by atoms with Crippen LogP contribution in [0.25, 0.3) is 0 Å². The average Bonchev–Trinajstić information content (AvgIpc) is 2.58. The maximum atomic E-state index is 9.43. The Hall–Kier alpha value is -1.18. The smallest absolute Gasteiger partial charge is 0.115 e. The van der Waals surface area contributed by atoms with Crippen LogP contribution < -0.4 is 5.32 Å². The number of hydrogen-bond acceptors (Lipinski definition) is 2. The molecule has 18 heavy (non-hydrogen) atoms. The van der Waals surface area contributed by atoms with Crippen LogP contribution in [0.2, 0.25) is 0 Å². The molecule has 0 aromatic heterocycles. The van der Waals surface area contributed by atoms with E-state index < -0.39 is 0 Å². The Kier molecular flexibility index (Phi) is 4.51. The number of aromatic hydroxyl groups is 1. The molecule has 0 amide bonds. The molecule has 1 saturated carbocycles. The molecule has 1 fully saturated rings. The summed E-state index contributed by atoms with van der Waals surface area (Å²) in [4.78, 5) is 0. The van der Waals surface area contributed by atoms with Crippen LogP contribution in [-0.4, -0.2) is 11.1 Å². The van der Waals surface area contributed by atoms with Gasteiger partial charge in [0.15, 0.2) is 0 Å². The molecule has 2 unspecified atom stereocenters. The summed E-state index contributed by atoms with van der Waals surface area (Å²) in [6, 6.07) is 6.19. The number of rotatable bonds is 3. The minimum atomic E-state index is 0.352. The monoisotopic (exact) mass is 247 g/mol. The Balaban J connectivity index is 1.96. The number of benzene rings is 1. The van der Waals surface area contributed by atoms with E-state index in [1.165, 1.54) is 44.2 Å². The normalized spacial score (nSPS) is 24.6. The second-order valence-electron chi connectivity index (χ2n) is 5.62. The summed E-state index contributed by atoms with van der Waals surface area (Å²) in [5, 5.41) is 13.1. The van der Waals surface area contributed by atoms with Crippen LogP contribution in [0.1, 0.15) is 51.0 Å². The predicted octanol–water partition coefficient (Wildman–Crippen LogP) is 4.47. The molecule has 1 aliphatic carbocycles. The first-order valence-corrected chi connectivity index (χ1v) is 7.25. The molecule has 1 aromatic rings. The van der Waals surface area contributed by atoms with Crippen LogP contribution >= 0.6 is 0 Å². The molecule has 0 bridgehead atoms. The lowest BCUT2D eigenvalue weighted by atomic mass is 9.98. The highest BCUT2D eigenvalue weighted by atomic mass is 16.3. The summed E-state index contributed by atoms with van der Waals surface area (Å²) in [6.07, 6.45) is 7.96. The number of aryl methyl sites for hydroxylation is 1. The molecule has 2 atom stereocenters. The lowest BCUT2D eigenvalue weighted by Crippen LogP contribution is -2.19. The van der Waals surface area contributed by atoms with E-state index in [0.29, 0.717) is 11.8 Å². The van der Waals surface area contributed by atoms with Gasteiger partial charge in [0.05, 0.1) is 0 Å². The topological polar surface area (TPSA) is 32.3 Å². The highest BCUT2D eigenvalue weighted by Crippen LogP contribution is 2.28. The molecule has 0 heterocycles. The van der Waals surface area contributed by atoms with Gasteiger partial charge in [-0.15, -0.1) is 0 Å². The van der Waals surface area contributed by atoms with Gasteiger partial charge >= 0.3 is 0 Å². The van der Waals surface area contributed by atoms with E-state index in [9.17, 15) is 5.11 Å². The van der Waals surface area contributed by atoms with Crippen molar-refractivity contribution in [3.8, 4) is 5.75 Å². The lowest BCUT2D eigenvalue weighted by Gasteiger charge is -2.19. The SMILES string of the molecule is CCC1CCCC(Nc2ccc(O)cc2C)CC1. The summed E-state index contributed by atoms with van der Waals surface area (Å²) in [7, 11) is 0. The standard InChI is InChI=1S/C16H25NO/c1-3-13-5-4-6-14(8-7-13)17-16-10-9-15(18)11-12(16)2/h9-11,13-14,17-18H,3-8H2,1-2H3. The van der Waals surface area contributed by atoms with Gasteiger partial charge in [-0.3, -0.25) is 0 Å². The van der Waals surface area contributed by atoms with E-state index in [2.05, 4.69) is 12.2 Å². The fourth-order valence-corrected chi connectivity index (χ4v) is 2.96. The molecular weight excluding hydrogens is 222 g/mol. The molecule has 0 radical (unpaired) electrons. The maximum Gasteiger partial charge on any atom is 0.115 e. The minimum Gasteiger partial charge on any atom is -0.508 e. The van der Waals surface area contributed by atoms with Crippen molar-refractivity contribution in [2.24, 2.45) is 5.92 Å². The van der Waals surface area contributed by atoms with E-state index in [1.54, 1.807) is 6.07 Å². The third-order valence-electron chi connectivity index (χ3n) is 4.24. The van der Waals surface area contributed by atoms with Gasteiger partial charge in [-0.05, 0) is 55.9 Å². The number of anilines is 1. The van der Waals surface area contributed by atoms with Gasteiger partial charge in [-0.1, -0.05) is 26.2 Å². The number of phenols is 1. The van der Waals surface area contributed by atoms with Crippen LogP contribution in [0.4, 0.5) is 5.69 Å². The molecule has 0 aliphatic heterocycles. The molecule has 0 saturated heterocycles. The number of nitrogens with one attached hydrogen (secondary N) is 1. The fourth-order valence-electron chi connectivity index (χ4n) is 2.96. The van der Waals surface area contributed by atoms with Gasteiger partial charge in [0.1, 0.15) is 5.75 Å². The highest BCUT2D eigenvalue weighted by Gasteiger charge is 2.17. The van der Waals surface area contributed by atoms with Crippen molar-refractivity contribution < 1.29 is 5.11 Å². The third kappa shape index (κ3) is 3.41. The molecule has 2 heteroatoms. The quantitative estimate of drug-likeness (QED) is 0.610. The van der Waals surface area contributed by atoms with Crippen molar-refractivity contribution in [2.75, 3.05) is 5.32 Å². The van der Waals surface area contributed by atoms with E-state index in [0.717, 1.165) is 11.5 Å². The fraction of sp³-hybridized carbons (Fsp3) is 0.625.